The number of amides is 1. The van der Waals surface area contributed by atoms with E-state index < -0.39 is 0 Å². The first-order valence-electron chi connectivity index (χ1n) is 9.00. The molecule has 1 fully saturated rings. The van der Waals surface area contributed by atoms with Gasteiger partial charge in [-0.05, 0) is 49.6 Å². The normalized spacial score (nSPS) is 15.4. The maximum Gasteiger partial charge on any atom is 0.256 e. The van der Waals surface area contributed by atoms with Crippen molar-refractivity contribution < 1.29 is 4.79 Å². The number of aromatic amines is 1. The number of carbonyl (C=O) groups is 1. The van der Waals surface area contributed by atoms with Crippen LogP contribution in [-0.2, 0) is 0 Å². The van der Waals surface area contributed by atoms with Crippen LogP contribution < -0.4 is 4.90 Å². The Kier molecular flexibility index (Phi) is 4.32. The lowest BCUT2D eigenvalue weighted by Gasteiger charge is -2.37. The summed E-state index contributed by atoms with van der Waals surface area (Å²) in [4.78, 5) is 21.7. The van der Waals surface area contributed by atoms with E-state index in [9.17, 15) is 4.79 Å². The molecule has 6 heteroatoms. The second-order valence-corrected chi connectivity index (χ2v) is 6.97. The van der Waals surface area contributed by atoms with Crippen molar-refractivity contribution in [2.45, 2.75) is 25.8 Å². The Hall–Kier alpha value is -2.89. The number of nitrogens with zero attached hydrogens (tertiary/aromatic N) is 4. The number of rotatable bonds is 3. The monoisotopic (exact) mass is 349 g/mol. The number of fused-ring (bicyclic) bond motifs is 1. The molecule has 0 aliphatic carbocycles. The fourth-order valence-corrected chi connectivity index (χ4v) is 3.75. The molecule has 0 spiro atoms. The molecule has 0 unspecified atom stereocenters. The summed E-state index contributed by atoms with van der Waals surface area (Å²) in [6.45, 7) is 3.83. The molecule has 0 saturated carbocycles. The van der Waals surface area contributed by atoms with E-state index in [1.54, 1.807) is 6.20 Å². The molecule has 4 rings (SSSR count). The standard InChI is InChI=1S/C20H23N5O/c1-14-11-15-13-22-23-19(15)17(12-14)20(26)24(2)16-6-9-25(10-7-16)18-5-3-4-8-21-18/h3-5,8,11-13,16H,6-7,9-10H2,1-2H3,(H,22,23). The molecule has 1 aliphatic rings. The van der Waals surface area contributed by atoms with Gasteiger partial charge in [-0.25, -0.2) is 4.98 Å². The minimum Gasteiger partial charge on any atom is -0.356 e. The number of piperidine rings is 1. The van der Waals surface area contributed by atoms with Crippen molar-refractivity contribution in [1.82, 2.24) is 20.1 Å². The average molecular weight is 349 g/mol. The summed E-state index contributed by atoms with van der Waals surface area (Å²) < 4.78 is 0. The molecule has 134 valence electrons. The van der Waals surface area contributed by atoms with E-state index in [1.165, 1.54) is 0 Å². The Balaban J connectivity index is 1.49. The highest BCUT2D eigenvalue weighted by Crippen LogP contribution is 2.24. The second-order valence-electron chi connectivity index (χ2n) is 6.97. The average Bonchev–Trinajstić information content (AvgIpc) is 3.15. The molecule has 26 heavy (non-hydrogen) atoms. The number of benzene rings is 1. The van der Waals surface area contributed by atoms with Crippen LogP contribution >= 0.6 is 0 Å². The molecular formula is C20H23N5O. The van der Waals surface area contributed by atoms with Gasteiger partial charge in [0.25, 0.3) is 5.91 Å². The lowest BCUT2D eigenvalue weighted by molar-refractivity contribution is 0.0711. The molecule has 3 heterocycles. The highest BCUT2D eigenvalue weighted by Gasteiger charge is 2.27. The second kappa shape index (κ2) is 6.78. The molecule has 1 aromatic carbocycles. The number of anilines is 1. The van der Waals surface area contributed by atoms with E-state index in [4.69, 9.17) is 0 Å². The maximum atomic E-state index is 13.1. The van der Waals surface area contributed by atoms with Crippen LogP contribution in [0.15, 0.2) is 42.7 Å². The van der Waals surface area contributed by atoms with Crippen molar-refractivity contribution in [1.29, 1.82) is 0 Å². The van der Waals surface area contributed by atoms with Gasteiger partial charge in [-0.3, -0.25) is 9.89 Å². The summed E-state index contributed by atoms with van der Waals surface area (Å²) in [6.07, 6.45) is 5.47. The number of nitrogens with one attached hydrogen (secondary N) is 1. The summed E-state index contributed by atoms with van der Waals surface area (Å²) >= 11 is 0. The molecule has 0 bridgehead atoms. The fourth-order valence-electron chi connectivity index (χ4n) is 3.75. The number of pyridine rings is 1. The summed E-state index contributed by atoms with van der Waals surface area (Å²) in [5, 5.41) is 8.04. The van der Waals surface area contributed by atoms with Crippen LogP contribution in [0.2, 0.25) is 0 Å². The van der Waals surface area contributed by atoms with Gasteiger partial charge in [0.1, 0.15) is 5.82 Å². The Morgan fingerprint density at radius 3 is 2.81 bits per heavy atom. The third kappa shape index (κ3) is 3.03. The van der Waals surface area contributed by atoms with Gasteiger partial charge < -0.3 is 9.80 Å². The third-order valence-corrected chi connectivity index (χ3v) is 5.23. The van der Waals surface area contributed by atoms with E-state index in [-0.39, 0.29) is 11.9 Å². The molecule has 3 aromatic rings. The third-order valence-electron chi connectivity index (χ3n) is 5.23. The minimum absolute atomic E-state index is 0.0548. The topological polar surface area (TPSA) is 65.1 Å². The number of H-pyrrole nitrogens is 1. The Labute approximate surface area is 152 Å². The van der Waals surface area contributed by atoms with Crippen molar-refractivity contribution in [2.75, 3.05) is 25.0 Å². The summed E-state index contributed by atoms with van der Waals surface area (Å²) in [5.41, 5.74) is 2.59. The Bertz CT molecular complexity index is 912. The smallest absolute Gasteiger partial charge is 0.256 e. The lowest BCUT2D eigenvalue weighted by atomic mass is 10.0. The van der Waals surface area contributed by atoms with Crippen LogP contribution in [0, 0.1) is 6.92 Å². The first-order chi connectivity index (χ1) is 12.6. The van der Waals surface area contributed by atoms with E-state index in [0.717, 1.165) is 48.2 Å². The number of hydrogen-bond donors (Lipinski definition) is 1. The molecule has 0 atom stereocenters. The molecule has 1 amide bonds. The molecular weight excluding hydrogens is 326 g/mol. The van der Waals surface area contributed by atoms with Gasteiger partial charge in [0.05, 0.1) is 17.3 Å². The molecule has 1 aliphatic heterocycles. The van der Waals surface area contributed by atoms with E-state index in [1.807, 2.05) is 55.4 Å². The van der Waals surface area contributed by atoms with Crippen LogP contribution in [0.1, 0.15) is 28.8 Å². The molecule has 0 radical (unpaired) electrons. The Morgan fingerprint density at radius 1 is 1.27 bits per heavy atom. The van der Waals surface area contributed by atoms with Gasteiger partial charge in [-0.2, -0.15) is 5.10 Å². The molecule has 1 N–H and O–H groups in total. The number of aromatic nitrogens is 3. The van der Waals surface area contributed by atoms with Gasteiger partial charge in [-0.1, -0.05) is 6.07 Å². The van der Waals surface area contributed by atoms with Crippen molar-refractivity contribution >= 4 is 22.6 Å². The number of carbonyl (C=O) groups excluding carboxylic acids is 1. The SMILES string of the molecule is Cc1cc(C(=O)N(C)C2CCN(c3ccccn3)CC2)c2[nH]ncc2c1. The lowest BCUT2D eigenvalue weighted by Crippen LogP contribution is -2.46. The predicted molar refractivity (Wildman–Crippen MR) is 102 cm³/mol. The van der Waals surface area contributed by atoms with Crippen molar-refractivity contribution in [2.24, 2.45) is 0 Å². The van der Waals surface area contributed by atoms with Crippen LogP contribution in [0.4, 0.5) is 5.82 Å². The van der Waals surface area contributed by atoms with E-state index in [0.29, 0.717) is 5.56 Å². The van der Waals surface area contributed by atoms with Crippen molar-refractivity contribution in [3.63, 3.8) is 0 Å². The molecule has 2 aromatic heterocycles. The molecule has 1 saturated heterocycles. The van der Waals surface area contributed by atoms with Crippen molar-refractivity contribution in [3.8, 4) is 0 Å². The van der Waals surface area contributed by atoms with Crippen LogP contribution in [0.5, 0.6) is 0 Å². The van der Waals surface area contributed by atoms with Crippen molar-refractivity contribution in [3.05, 3.63) is 53.9 Å². The zero-order valence-electron chi connectivity index (χ0n) is 15.1. The maximum absolute atomic E-state index is 13.1. The highest BCUT2D eigenvalue weighted by atomic mass is 16.2. The quantitative estimate of drug-likeness (QED) is 0.789. The van der Waals surface area contributed by atoms with Gasteiger partial charge in [0.2, 0.25) is 0 Å². The summed E-state index contributed by atoms with van der Waals surface area (Å²) in [6, 6.07) is 10.2. The first-order valence-corrected chi connectivity index (χ1v) is 9.00. The Morgan fingerprint density at radius 2 is 2.08 bits per heavy atom. The fraction of sp³-hybridized carbons (Fsp3) is 0.350. The van der Waals surface area contributed by atoms with E-state index in [2.05, 4.69) is 20.1 Å². The molecule has 6 nitrogen and oxygen atoms in total. The van der Waals surface area contributed by atoms with Crippen LogP contribution in [0.3, 0.4) is 0 Å². The van der Waals surface area contributed by atoms with Gasteiger partial charge in [-0.15, -0.1) is 0 Å². The summed E-state index contributed by atoms with van der Waals surface area (Å²) in [5.74, 6) is 1.07. The van der Waals surface area contributed by atoms with Gasteiger partial charge in [0.15, 0.2) is 0 Å². The summed E-state index contributed by atoms with van der Waals surface area (Å²) in [7, 11) is 1.91. The largest absolute Gasteiger partial charge is 0.356 e. The van der Waals surface area contributed by atoms with Crippen LogP contribution in [0.25, 0.3) is 10.9 Å². The zero-order valence-corrected chi connectivity index (χ0v) is 15.1. The highest BCUT2D eigenvalue weighted by molar-refractivity contribution is 6.05. The van der Waals surface area contributed by atoms with Crippen LogP contribution in [-0.4, -0.2) is 52.2 Å². The van der Waals surface area contributed by atoms with E-state index >= 15 is 0 Å². The zero-order chi connectivity index (χ0) is 18.1. The van der Waals surface area contributed by atoms with Gasteiger partial charge in [0, 0.05) is 37.8 Å². The number of aryl methyl sites for hydroxylation is 1. The predicted octanol–water partition coefficient (Wildman–Crippen LogP) is 3.01. The number of hydrogen-bond acceptors (Lipinski definition) is 4. The van der Waals surface area contributed by atoms with Gasteiger partial charge >= 0.3 is 0 Å². The first kappa shape index (κ1) is 16.6. The minimum atomic E-state index is 0.0548.